The second kappa shape index (κ2) is 7.65. The zero-order valence-electron chi connectivity index (χ0n) is 13.7. The third-order valence-corrected chi connectivity index (χ3v) is 4.91. The first-order chi connectivity index (χ1) is 12.3. The maximum absolute atomic E-state index is 13.0. The van der Waals surface area contributed by atoms with E-state index < -0.39 is 11.7 Å². The molecule has 1 aliphatic carbocycles. The Bertz CT molecular complexity index is 758. The lowest BCUT2D eigenvalue weighted by atomic mass is 10.2. The van der Waals surface area contributed by atoms with E-state index in [9.17, 15) is 22.4 Å². The van der Waals surface area contributed by atoms with Crippen LogP contribution in [0.5, 0.6) is 0 Å². The molecule has 0 radical (unpaired) electrons. The third kappa shape index (κ3) is 4.97. The lowest BCUT2D eigenvalue weighted by molar-refractivity contribution is -0.138. The lowest BCUT2D eigenvalue weighted by Gasteiger charge is -2.22. The van der Waals surface area contributed by atoms with E-state index in [0.717, 1.165) is 42.4 Å². The van der Waals surface area contributed by atoms with E-state index in [1.165, 1.54) is 18.2 Å². The highest BCUT2D eigenvalue weighted by Crippen LogP contribution is 2.31. The molecule has 1 aromatic heterocycles. The number of alkyl halides is 3. The number of pyridine rings is 1. The minimum absolute atomic E-state index is 0.0933. The van der Waals surface area contributed by atoms with Gasteiger partial charge in [-0.2, -0.15) is 13.2 Å². The van der Waals surface area contributed by atoms with Gasteiger partial charge in [0, 0.05) is 18.8 Å². The van der Waals surface area contributed by atoms with E-state index in [2.05, 4.69) is 4.98 Å². The van der Waals surface area contributed by atoms with E-state index in [4.69, 9.17) is 0 Å². The molecular formula is C18H16F4N2OS. The summed E-state index contributed by atoms with van der Waals surface area (Å²) in [6, 6.07) is 8.38. The minimum atomic E-state index is -4.43. The van der Waals surface area contributed by atoms with Crippen molar-refractivity contribution >= 4 is 17.7 Å². The van der Waals surface area contributed by atoms with Crippen LogP contribution in [0.25, 0.3) is 0 Å². The van der Waals surface area contributed by atoms with Crippen molar-refractivity contribution in [2.75, 3.05) is 5.75 Å². The summed E-state index contributed by atoms with van der Waals surface area (Å²) in [7, 11) is 0. The normalized spacial score (nSPS) is 14.3. The van der Waals surface area contributed by atoms with Crippen LogP contribution in [-0.2, 0) is 17.5 Å². The number of carbonyl (C=O) groups excluding carboxylic acids is 1. The van der Waals surface area contributed by atoms with Gasteiger partial charge in [-0.3, -0.25) is 4.79 Å². The van der Waals surface area contributed by atoms with Gasteiger partial charge < -0.3 is 4.90 Å². The fourth-order valence-electron chi connectivity index (χ4n) is 2.45. The van der Waals surface area contributed by atoms with Gasteiger partial charge in [0.2, 0.25) is 5.91 Å². The van der Waals surface area contributed by atoms with Crippen molar-refractivity contribution in [3.8, 4) is 0 Å². The molecule has 1 fully saturated rings. The highest BCUT2D eigenvalue weighted by Gasteiger charge is 2.33. The quantitative estimate of drug-likeness (QED) is 0.542. The zero-order chi connectivity index (χ0) is 18.7. The van der Waals surface area contributed by atoms with Gasteiger partial charge in [0.1, 0.15) is 5.82 Å². The van der Waals surface area contributed by atoms with Gasteiger partial charge in [-0.1, -0.05) is 23.9 Å². The summed E-state index contributed by atoms with van der Waals surface area (Å²) in [5, 5.41) is 0.365. The summed E-state index contributed by atoms with van der Waals surface area (Å²) in [6.07, 6.45) is -1.81. The van der Waals surface area contributed by atoms with Crippen LogP contribution in [0.15, 0.2) is 47.6 Å². The molecule has 8 heteroatoms. The molecule has 138 valence electrons. The first-order valence-corrected chi connectivity index (χ1v) is 9.01. The predicted molar refractivity (Wildman–Crippen MR) is 89.9 cm³/mol. The summed E-state index contributed by atoms with van der Waals surface area (Å²) in [5.74, 6) is -0.346. The number of aromatic nitrogens is 1. The van der Waals surface area contributed by atoms with Crippen molar-refractivity contribution in [2.45, 2.75) is 36.6 Å². The number of thioether (sulfide) groups is 1. The van der Waals surface area contributed by atoms with E-state index in [0.29, 0.717) is 11.6 Å². The molecule has 26 heavy (non-hydrogen) atoms. The Balaban J connectivity index is 1.59. The number of hydrogen-bond acceptors (Lipinski definition) is 3. The van der Waals surface area contributed by atoms with Gasteiger partial charge in [0.25, 0.3) is 0 Å². The Morgan fingerprint density at radius 3 is 2.38 bits per heavy atom. The Kier molecular flexibility index (Phi) is 5.50. The summed E-state index contributed by atoms with van der Waals surface area (Å²) in [6.45, 7) is 0.394. The number of hydrogen-bond donors (Lipinski definition) is 0. The second-order valence-corrected chi connectivity index (χ2v) is 7.05. The highest BCUT2D eigenvalue weighted by atomic mass is 32.2. The molecule has 3 nitrogen and oxygen atoms in total. The second-order valence-electron chi connectivity index (χ2n) is 6.05. The zero-order valence-corrected chi connectivity index (χ0v) is 14.5. The number of benzene rings is 1. The van der Waals surface area contributed by atoms with Gasteiger partial charge >= 0.3 is 6.18 Å². The molecule has 1 aromatic carbocycles. The van der Waals surface area contributed by atoms with Crippen LogP contribution in [0, 0.1) is 5.82 Å². The Morgan fingerprint density at radius 2 is 1.85 bits per heavy atom. The van der Waals surface area contributed by atoms with Crippen LogP contribution in [-0.4, -0.2) is 27.6 Å². The van der Waals surface area contributed by atoms with Crippen LogP contribution < -0.4 is 0 Å². The number of nitrogens with zero attached hydrogens (tertiary/aromatic N) is 2. The summed E-state index contributed by atoms with van der Waals surface area (Å²) < 4.78 is 50.6. The van der Waals surface area contributed by atoms with E-state index in [1.807, 2.05) is 0 Å². The molecule has 1 heterocycles. The van der Waals surface area contributed by atoms with Gasteiger partial charge in [-0.25, -0.2) is 9.37 Å². The number of halogens is 4. The van der Waals surface area contributed by atoms with Crippen LogP contribution in [0.2, 0.25) is 0 Å². The van der Waals surface area contributed by atoms with Crippen LogP contribution >= 0.6 is 11.8 Å². The first-order valence-electron chi connectivity index (χ1n) is 8.03. The van der Waals surface area contributed by atoms with E-state index in [1.54, 1.807) is 17.0 Å². The molecule has 1 aliphatic rings. The van der Waals surface area contributed by atoms with Gasteiger partial charge in [-0.05, 0) is 42.7 Å². The Hall–Kier alpha value is -2.09. The highest BCUT2D eigenvalue weighted by molar-refractivity contribution is 7.99. The summed E-state index contributed by atoms with van der Waals surface area (Å²) in [5.41, 5.74) is 0.0217. The number of rotatable bonds is 6. The van der Waals surface area contributed by atoms with Gasteiger partial charge in [0.15, 0.2) is 0 Å². The fourth-order valence-corrected chi connectivity index (χ4v) is 3.17. The standard InChI is InChI=1S/C18H16F4N2OS/c19-14-4-1-12(2-5-14)10-24(15-6-7-15)17(25)11-26-16-8-3-13(9-23-16)18(20,21)22/h1-5,8-9,15H,6-7,10-11H2. The van der Waals surface area contributed by atoms with E-state index >= 15 is 0 Å². The topological polar surface area (TPSA) is 33.2 Å². The monoisotopic (exact) mass is 384 g/mol. The third-order valence-electron chi connectivity index (χ3n) is 3.98. The molecule has 1 saturated carbocycles. The number of carbonyl (C=O) groups is 1. The fraction of sp³-hybridized carbons (Fsp3) is 0.333. The molecule has 0 aliphatic heterocycles. The smallest absolute Gasteiger partial charge is 0.335 e. The first kappa shape index (κ1) is 18.7. The van der Waals surface area contributed by atoms with E-state index in [-0.39, 0.29) is 23.5 Å². The largest absolute Gasteiger partial charge is 0.417 e. The molecular weight excluding hydrogens is 368 g/mol. The van der Waals surface area contributed by atoms with Gasteiger partial charge in [-0.15, -0.1) is 0 Å². The van der Waals surface area contributed by atoms with Gasteiger partial charge in [0.05, 0.1) is 16.3 Å². The Labute approximate surface area is 152 Å². The van der Waals surface area contributed by atoms with Crippen molar-refractivity contribution in [3.63, 3.8) is 0 Å². The number of amides is 1. The minimum Gasteiger partial charge on any atom is -0.335 e. The molecule has 0 bridgehead atoms. The molecule has 3 rings (SSSR count). The molecule has 1 amide bonds. The average Bonchev–Trinajstić information content (AvgIpc) is 3.43. The van der Waals surface area contributed by atoms with Crippen molar-refractivity contribution < 1.29 is 22.4 Å². The SMILES string of the molecule is O=C(CSc1ccc(C(F)(F)F)cn1)N(Cc1ccc(F)cc1)C1CC1. The Morgan fingerprint density at radius 1 is 1.15 bits per heavy atom. The lowest BCUT2D eigenvalue weighted by Crippen LogP contribution is -2.34. The maximum Gasteiger partial charge on any atom is 0.417 e. The molecule has 0 N–H and O–H groups in total. The van der Waals surface area contributed by atoms with Crippen molar-refractivity contribution in [2.24, 2.45) is 0 Å². The van der Waals surface area contributed by atoms with Crippen LogP contribution in [0.1, 0.15) is 24.0 Å². The van der Waals surface area contributed by atoms with Crippen LogP contribution in [0.3, 0.4) is 0 Å². The molecule has 0 unspecified atom stereocenters. The predicted octanol–water partition coefficient (Wildman–Crippen LogP) is 4.52. The van der Waals surface area contributed by atoms with Crippen molar-refractivity contribution in [1.82, 2.24) is 9.88 Å². The molecule has 0 saturated heterocycles. The van der Waals surface area contributed by atoms with Crippen molar-refractivity contribution in [3.05, 3.63) is 59.5 Å². The molecule has 2 aromatic rings. The summed E-state index contributed by atoms with van der Waals surface area (Å²) in [4.78, 5) is 18.0. The molecule has 0 spiro atoms. The average molecular weight is 384 g/mol. The molecule has 0 atom stereocenters. The van der Waals surface area contributed by atoms with Crippen molar-refractivity contribution in [1.29, 1.82) is 0 Å². The summed E-state index contributed by atoms with van der Waals surface area (Å²) >= 11 is 1.10. The van der Waals surface area contributed by atoms with Crippen LogP contribution in [0.4, 0.5) is 17.6 Å². The maximum atomic E-state index is 13.0.